The van der Waals surface area contributed by atoms with E-state index in [2.05, 4.69) is 26.5 Å². The summed E-state index contributed by atoms with van der Waals surface area (Å²) in [6, 6.07) is 25.2. The fourth-order valence-electron chi connectivity index (χ4n) is 3.65. The third-order valence-electron chi connectivity index (χ3n) is 5.57. The van der Waals surface area contributed by atoms with Crippen LogP contribution in [0.2, 0.25) is 0 Å². The minimum atomic E-state index is -0.250. The quantitative estimate of drug-likeness (QED) is 0.242. The van der Waals surface area contributed by atoms with Gasteiger partial charge in [-0.15, -0.1) is 0 Å². The zero-order chi connectivity index (χ0) is 22.6. The summed E-state index contributed by atoms with van der Waals surface area (Å²) in [7, 11) is 0. The standard InChI is InChI=1S/C27H22BrN3O2/c28-21-13-9-18(10-14-21)17-33-26-8-4-1-5-20(26)16-29-31-27(32)23-15-25(19-11-12-19)30-24-7-3-2-6-22(23)24/h1-10,13-16,19H,11-12,17H2,(H,31,32)/b29-16-. The zero-order valence-corrected chi connectivity index (χ0v) is 19.5. The maximum Gasteiger partial charge on any atom is 0.272 e. The van der Waals surface area contributed by atoms with E-state index in [1.807, 2.05) is 78.9 Å². The van der Waals surface area contributed by atoms with Crippen LogP contribution in [0.1, 0.15) is 45.9 Å². The fourth-order valence-corrected chi connectivity index (χ4v) is 3.92. The van der Waals surface area contributed by atoms with E-state index in [4.69, 9.17) is 9.72 Å². The average Bonchev–Trinajstić information content (AvgIpc) is 3.69. The Morgan fingerprint density at radius 1 is 1.06 bits per heavy atom. The Labute approximate surface area is 200 Å². The molecule has 5 nitrogen and oxygen atoms in total. The van der Waals surface area contributed by atoms with Crippen molar-refractivity contribution < 1.29 is 9.53 Å². The van der Waals surface area contributed by atoms with Crippen molar-refractivity contribution in [3.63, 3.8) is 0 Å². The molecule has 1 N–H and O–H groups in total. The Morgan fingerprint density at radius 2 is 1.82 bits per heavy atom. The average molecular weight is 500 g/mol. The van der Waals surface area contributed by atoms with E-state index < -0.39 is 0 Å². The molecule has 1 aliphatic rings. The van der Waals surface area contributed by atoms with Crippen molar-refractivity contribution in [3.8, 4) is 5.75 Å². The highest BCUT2D eigenvalue weighted by molar-refractivity contribution is 9.10. The van der Waals surface area contributed by atoms with Crippen molar-refractivity contribution >= 4 is 39.0 Å². The predicted octanol–water partition coefficient (Wildman–Crippen LogP) is 6.22. The fraction of sp³-hybridized carbons (Fsp3) is 0.148. The van der Waals surface area contributed by atoms with Crippen LogP contribution >= 0.6 is 15.9 Å². The third-order valence-corrected chi connectivity index (χ3v) is 6.10. The lowest BCUT2D eigenvalue weighted by atomic mass is 10.1. The molecular formula is C27H22BrN3O2. The van der Waals surface area contributed by atoms with Gasteiger partial charge in [0.2, 0.25) is 0 Å². The number of nitrogens with zero attached hydrogens (tertiary/aromatic N) is 2. The van der Waals surface area contributed by atoms with Crippen molar-refractivity contribution in [2.75, 3.05) is 0 Å². The summed E-state index contributed by atoms with van der Waals surface area (Å²) in [5.74, 6) is 0.906. The van der Waals surface area contributed by atoms with Crippen molar-refractivity contribution in [3.05, 3.63) is 106 Å². The van der Waals surface area contributed by atoms with Crippen LogP contribution in [0.5, 0.6) is 5.75 Å². The second kappa shape index (κ2) is 9.55. The van der Waals surface area contributed by atoms with E-state index in [-0.39, 0.29) is 5.91 Å². The van der Waals surface area contributed by atoms with Gasteiger partial charge in [-0.2, -0.15) is 5.10 Å². The van der Waals surface area contributed by atoms with Crippen LogP contribution in [0.4, 0.5) is 0 Å². The van der Waals surface area contributed by atoms with Crippen LogP contribution in [0.3, 0.4) is 0 Å². The Balaban J connectivity index is 1.31. The van der Waals surface area contributed by atoms with Gasteiger partial charge in [0.05, 0.1) is 17.3 Å². The third kappa shape index (κ3) is 5.12. The molecular weight excluding hydrogens is 478 g/mol. The molecule has 0 unspecified atom stereocenters. The first-order valence-corrected chi connectivity index (χ1v) is 11.7. The van der Waals surface area contributed by atoms with Gasteiger partial charge >= 0.3 is 0 Å². The van der Waals surface area contributed by atoms with E-state index in [0.717, 1.165) is 45.0 Å². The Morgan fingerprint density at radius 3 is 2.64 bits per heavy atom. The number of amides is 1. The van der Waals surface area contributed by atoms with Crippen molar-refractivity contribution in [2.45, 2.75) is 25.4 Å². The topological polar surface area (TPSA) is 63.6 Å². The van der Waals surface area contributed by atoms with E-state index in [9.17, 15) is 4.79 Å². The first-order chi connectivity index (χ1) is 16.2. The predicted molar refractivity (Wildman–Crippen MR) is 134 cm³/mol. The molecule has 1 aliphatic carbocycles. The van der Waals surface area contributed by atoms with Crippen LogP contribution in [0, 0.1) is 0 Å². The number of halogens is 1. The van der Waals surface area contributed by atoms with Gasteiger partial charge < -0.3 is 4.74 Å². The summed E-state index contributed by atoms with van der Waals surface area (Å²) in [6.07, 6.45) is 3.86. The highest BCUT2D eigenvalue weighted by Gasteiger charge is 2.26. The SMILES string of the molecule is O=C(N/N=C\c1ccccc1OCc1ccc(Br)cc1)c1cc(C2CC2)nc2ccccc12. The maximum atomic E-state index is 13.0. The highest BCUT2D eigenvalue weighted by Crippen LogP contribution is 2.40. The van der Waals surface area contributed by atoms with Crippen LogP contribution in [-0.2, 0) is 6.61 Å². The molecule has 3 aromatic carbocycles. The van der Waals surface area contributed by atoms with Gasteiger partial charge in [-0.25, -0.2) is 5.43 Å². The van der Waals surface area contributed by atoms with Gasteiger partial charge in [0, 0.05) is 27.0 Å². The van der Waals surface area contributed by atoms with Gasteiger partial charge in [0.25, 0.3) is 5.91 Å². The molecule has 1 saturated carbocycles. The van der Waals surface area contributed by atoms with Crippen LogP contribution in [0.15, 0.2) is 88.4 Å². The van der Waals surface area contributed by atoms with Gasteiger partial charge in [-0.3, -0.25) is 9.78 Å². The molecule has 164 valence electrons. The number of benzene rings is 3. The number of pyridine rings is 1. The highest BCUT2D eigenvalue weighted by atomic mass is 79.9. The number of hydrogen-bond donors (Lipinski definition) is 1. The maximum absolute atomic E-state index is 13.0. The Bertz CT molecular complexity index is 1330. The number of carbonyl (C=O) groups is 1. The van der Waals surface area contributed by atoms with Crippen LogP contribution in [-0.4, -0.2) is 17.1 Å². The number of aromatic nitrogens is 1. The number of hydrazone groups is 1. The molecule has 1 fully saturated rings. The molecule has 0 atom stereocenters. The summed E-state index contributed by atoms with van der Waals surface area (Å²) >= 11 is 3.44. The lowest BCUT2D eigenvalue weighted by Crippen LogP contribution is -2.18. The number of nitrogens with one attached hydrogen (secondary N) is 1. The second-order valence-corrected chi connectivity index (χ2v) is 8.95. The molecule has 1 heterocycles. The number of fused-ring (bicyclic) bond motifs is 1. The molecule has 0 radical (unpaired) electrons. The molecule has 1 amide bonds. The molecule has 0 aliphatic heterocycles. The van der Waals surface area contributed by atoms with Crippen molar-refractivity contribution in [2.24, 2.45) is 5.10 Å². The van der Waals surface area contributed by atoms with E-state index in [1.54, 1.807) is 6.21 Å². The monoisotopic (exact) mass is 499 g/mol. The molecule has 0 bridgehead atoms. The molecule has 5 rings (SSSR count). The van der Waals surface area contributed by atoms with E-state index >= 15 is 0 Å². The van der Waals surface area contributed by atoms with E-state index in [1.165, 1.54) is 0 Å². The van der Waals surface area contributed by atoms with E-state index in [0.29, 0.717) is 23.8 Å². The zero-order valence-electron chi connectivity index (χ0n) is 17.9. The van der Waals surface area contributed by atoms with Gasteiger partial charge in [-0.05, 0) is 54.8 Å². The van der Waals surface area contributed by atoms with Crippen molar-refractivity contribution in [1.29, 1.82) is 0 Å². The molecule has 6 heteroatoms. The second-order valence-electron chi connectivity index (χ2n) is 8.04. The first kappa shape index (κ1) is 21.3. The summed E-state index contributed by atoms with van der Waals surface area (Å²) in [5.41, 5.74) is 6.94. The molecule has 33 heavy (non-hydrogen) atoms. The smallest absolute Gasteiger partial charge is 0.272 e. The minimum absolute atomic E-state index is 0.250. The Kier molecular flexibility index (Phi) is 6.17. The summed E-state index contributed by atoms with van der Waals surface area (Å²) in [6.45, 7) is 0.442. The van der Waals surface area contributed by atoms with Crippen LogP contribution in [0.25, 0.3) is 10.9 Å². The number of ether oxygens (including phenoxy) is 1. The van der Waals surface area contributed by atoms with Crippen molar-refractivity contribution in [1.82, 2.24) is 10.4 Å². The number of rotatable bonds is 7. The molecule has 0 saturated heterocycles. The molecule has 0 spiro atoms. The number of para-hydroxylation sites is 2. The normalized spacial score (nSPS) is 13.4. The molecule has 1 aromatic heterocycles. The summed E-state index contributed by atoms with van der Waals surface area (Å²) in [4.78, 5) is 17.7. The number of carbonyl (C=O) groups excluding carboxylic acids is 1. The molecule has 4 aromatic rings. The lowest BCUT2D eigenvalue weighted by Gasteiger charge is -2.10. The Hall–Kier alpha value is -3.51. The number of hydrogen-bond acceptors (Lipinski definition) is 4. The lowest BCUT2D eigenvalue weighted by molar-refractivity contribution is 0.0956. The summed E-state index contributed by atoms with van der Waals surface area (Å²) < 4.78 is 7.01. The van der Waals surface area contributed by atoms with Gasteiger partial charge in [0.15, 0.2) is 0 Å². The van der Waals surface area contributed by atoms with Gasteiger partial charge in [-0.1, -0.05) is 58.4 Å². The first-order valence-electron chi connectivity index (χ1n) is 10.9. The van der Waals surface area contributed by atoms with Gasteiger partial charge in [0.1, 0.15) is 12.4 Å². The minimum Gasteiger partial charge on any atom is -0.488 e. The summed E-state index contributed by atoms with van der Waals surface area (Å²) in [5, 5.41) is 5.04. The largest absolute Gasteiger partial charge is 0.488 e. The van der Waals surface area contributed by atoms with Crippen LogP contribution < -0.4 is 10.2 Å².